The van der Waals surface area contributed by atoms with Gasteiger partial charge in [-0.05, 0) is 24.5 Å². The molecule has 0 atom stereocenters. The molecule has 0 aromatic heterocycles. The van der Waals surface area contributed by atoms with Gasteiger partial charge in [0.1, 0.15) is 5.69 Å². The molecule has 2 rings (SSSR count). The van der Waals surface area contributed by atoms with E-state index >= 15 is 0 Å². The molecule has 0 amide bonds. The molecule has 6 heteroatoms. The van der Waals surface area contributed by atoms with Crippen molar-refractivity contribution in [3.63, 3.8) is 0 Å². The smallest absolute Gasteiger partial charge is 0.292 e. The van der Waals surface area contributed by atoms with Gasteiger partial charge in [0.2, 0.25) is 0 Å². The van der Waals surface area contributed by atoms with E-state index in [1.54, 1.807) is 13.1 Å². The van der Waals surface area contributed by atoms with Gasteiger partial charge in [0.25, 0.3) is 5.69 Å². The van der Waals surface area contributed by atoms with Gasteiger partial charge in [-0.25, -0.2) is 0 Å². The second-order valence-electron chi connectivity index (χ2n) is 4.78. The predicted molar refractivity (Wildman–Crippen MR) is 73.2 cm³/mol. The Morgan fingerprint density at radius 1 is 1.53 bits per heavy atom. The Labute approximate surface area is 112 Å². The van der Waals surface area contributed by atoms with E-state index < -0.39 is 0 Å². The summed E-state index contributed by atoms with van der Waals surface area (Å²) in [6.07, 6.45) is 2.34. The molecular formula is C13H19N3O3. The lowest BCUT2D eigenvalue weighted by Gasteiger charge is -2.21. The van der Waals surface area contributed by atoms with Crippen LogP contribution in [0, 0.1) is 10.1 Å². The van der Waals surface area contributed by atoms with E-state index in [0.717, 1.165) is 12.1 Å². The Kier molecular flexibility index (Phi) is 4.34. The molecule has 1 aromatic rings. The van der Waals surface area contributed by atoms with E-state index in [0.29, 0.717) is 18.3 Å². The van der Waals surface area contributed by atoms with Gasteiger partial charge in [-0.3, -0.25) is 15.0 Å². The average molecular weight is 265 g/mol. The van der Waals surface area contributed by atoms with Crippen molar-refractivity contribution in [2.24, 2.45) is 0 Å². The summed E-state index contributed by atoms with van der Waals surface area (Å²) in [6, 6.07) is 5.68. The number of nitrogens with zero attached hydrogens (tertiary/aromatic N) is 2. The Bertz CT molecular complexity index is 460. The molecule has 104 valence electrons. The summed E-state index contributed by atoms with van der Waals surface area (Å²) in [5, 5.41) is 22.8. The molecule has 1 aliphatic rings. The monoisotopic (exact) mass is 265 g/mol. The van der Waals surface area contributed by atoms with Crippen LogP contribution in [0.3, 0.4) is 0 Å². The number of aliphatic hydroxyl groups excluding tert-OH is 1. The second kappa shape index (κ2) is 5.99. The van der Waals surface area contributed by atoms with Gasteiger partial charge in [-0.15, -0.1) is 0 Å². The van der Waals surface area contributed by atoms with E-state index in [2.05, 4.69) is 10.2 Å². The van der Waals surface area contributed by atoms with Gasteiger partial charge in [-0.1, -0.05) is 6.07 Å². The van der Waals surface area contributed by atoms with Crippen molar-refractivity contribution in [2.45, 2.75) is 25.4 Å². The van der Waals surface area contributed by atoms with Crippen LogP contribution in [-0.4, -0.2) is 41.2 Å². The van der Waals surface area contributed by atoms with E-state index in [1.165, 1.54) is 18.9 Å². The Hall–Kier alpha value is -1.66. The summed E-state index contributed by atoms with van der Waals surface area (Å²) in [6.45, 7) is 1.51. The summed E-state index contributed by atoms with van der Waals surface area (Å²) >= 11 is 0. The third-order valence-electron chi connectivity index (χ3n) is 3.36. The van der Waals surface area contributed by atoms with Gasteiger partial charge in [0, 0.05) is 32.2 Å². The summed E-state index contributed by atoms with van der Waals surface area (Å²) < 4.78 is 0. The van der Waals surface area contributed by atoms with Gasteiger partial charge in [0.15, 0.2) is 0 Å². The molecule has 1 aromatic carbocycles. The van der Waals surface area contributed by atoms with Crippen molar-refractivity contribution >= 4 is 11.4 Å². The number of benzene rings is 1. The molecule has 0 saturated heterocycles. The van der Waals surface area contributed by atoms with E-state index in [1.807, 2.05) is 6.07 Å². The maximum atomic E-state index is 10.9. The van der Waals surface area contributed by atoms with Crippen LogP contribution in [0.2, 0.25) is 0 Å². The minimum absolute atomic E-state index is 0.0892. The van der Waals surface area contributed by atoms with E-state index in [4.69, 9.17) is 5.11 Å². The summed E-state index contributed by atoms with van der Waals surface area (Å²) in [5.74, 6) is 0. The maximum Gasteiger partial charge on any atom is 0.292 e. The van der Waals surface area contributed by atoms with Crippen molar-refractivity contribution in [3.8, 4) is 0 Å². The number of aliphatic hydroxyl groups is 1. The topological polar surface area (TPSA) is 78.6 Å². The zero-order valence-corrected chi connectivity index (χ0v) is 11.0. The molecule has 0 heterocycles. The number of hydrogen-bond donors (Lipinski definition) is 2. The fraction of sp³-hybridized carbons (Fsp3) is 0.538. The first-order valence-electron chi connectivity index (χ1n) is 6.45. The third-order valence-corrected chi connectivity index (χ3v) is 3.36. The molecule has 0 unspecified atom stereocenters. The fourth-order valence-corrected chi connectivity index (χ4v) is 2.23. The Morgan fingerprint density at radius 3 is 2.79 bits per heavy atom. The normalized spacial score (nSPS) is 14.7. The van der Waals surface area contributed by atoms with Crippen molar-refractivity contribution in [3.05, 3.63) is 33.9 Å². The number of nitro groups is 1. The molecular weight excluding hydrogens is 246 g/mol. The zero-order chi connectivity index (χ0) is 13.8. The molecule has 0 bridgehead atoms. The number of hydrogen-bond acceptors (Lipinski definition) is 5. The maximum absolute atomic E-state index is 10.9. The van der Waals surface area contributed by atoms with Gasteiger partial charge >= 0.3 is 0 Å². The fourth-order valence-electron chi connectivity index (χ4n) is 2.23. The molecule has 6 nitrogen and oxygen atoms in total. The van der Waals surface area contributed by atoms with Crippen molar-refractivity contribution in [1.82, 2.24) is 4.90 Å². The first-order valence-corrected chi connectivity index (χ1v) is 6.45. The molecule has 1 fully saturated rings. The number of rotatable bonds is 7. The molecule has 19 heavy (non-hydrogen) atoms. The van der Waals surface area contributed by atoms with Crippen LogP contribution in [0.1, 0.15) is 18.4 Å². The SMILES string of the molecule is CNc1cc(CN(CCO)C2CC2)ccc1[N+](=O)[O-]. The second-order valence-corrected chi connectivity index (χ2v) is 4.78. The summed E-state index contributed by atoms with van der Waals surface area (Å²) in [4.78, 5) is 12.7. The van der Waals surface area contributed by atoms with Crippen molar-refractivity contribution in [1.29, 1.82) is 0 Å². The highest BCUT2D eigenvalue weighted by Gasteiger charge is 2.28. The lowest BCUT2D eigenvalue weighted by molar-refractivity contribution is -0.384. The molecule has 0 aliphatic heterocycles. The van der Waals surface area contributed by atoms with E-state index in [9.17, 15) is 10.1 Å². The highest BCUT2D eigenvalue weighted by atomic mass is 16.6. The summed E-state index contributed by atoms with van der Waals surface area (Å²) in [5.41, 5.74) is 1.64. The van der Waals surface area contributed by atoms with Crippen LogP contribution in [0.25, 0.3) is 0 Å². The quantitative estimate of drug-likeness (QED) is 0.578. The predicted octanol–water partition coefficient (Wildman–Crippen LogP) is 1.59. The Balaban J connectivity index is 2.13. The van der Waals surface area contributed by atoms with Gasteiger partial charge < -0.3 is 10.4 Å². The number of anilines is 1. The minimum atomic E-state index is -0.387. The molecule has 2 N–H and O–H groups in total. The summed E-state index contributed by atoms with van der Waals surface area (Å²) in [7, 11) is 1.68. The number of nitro benzene ring substituents is 1. The van der Waals surface area contributed by atoms with Crippen molar-refractivity contribution < 1.29 is 10.0 Å². The molecule has 1 aliphatic carbocycles. The van der Waals surface area contributed by atoms with Crippen LogP contribution < -0.4 is 5.32 Å². The minimum Gasteiger partial charge on any atom is -0.395 e. The van der Waals surface area contributed by atoms with Gasteiger partial charge in [0.05, 0.1) is 11.5 Å². The molecule has 0 radical (unpaired) electrons. The van der Waals surface area contributed by atoms with Crippen LogP contribution in [0.4, 0.5) is 11.4 Å². The lowest BCUT2D eigenvalue weighted by Crippen LogP contribution is -2.28. The van der Waals surface area contributed by atoms with Crippen molar-refractivity contribution in [2.75, 3.05) is 25.5 Å². The highest BCUT2D eigenvalue weighted by molar-refractivity contribution is 5.62. The average Bonchev–Trinajstić information content (AvgIpc) is 3.22. The first kappa shape index (κ1) is 13.8. The highest BCUT2D eigenvalue weighted by Crippen LogP contribution is 2.30. The lowest BCUT2D eigenvalue weighted by atomic mass is 10.1. The van der Waals surface area contributed by atoms with Crippen LogP contribution in [0.15, 0.2) is 18.2 Å². The standard InChI is InChI=1S/C13H19N3O3/c1-14-12-8-10(2-5-13(12)16(18)19)9-15(6-7-17)11-3-4-11/h2,5,8,11,14,17H,3-4,6-7,9H2,1H3. The first-order chi connectivity index (χ1) is 9.15. The van der Waals surface area contributed by atoms with Crippen LogP contribution in [-0.2, 0) is 6.54 Å². The number of nitrogens with one attached hydrogen (secondary N) is 1. The molecule has 0 spiro atoms. The largest absolute Gasteiger partial charge is 0.395 e. The van der Waals surface area contributed by atoms with Crippen LogP contribution in [0.5, 0.6) is 0 Å². The Morgan fingerprint density at radius 2 is 2.26 bits per heavy atom. The van der Waals surface area contributed by atoms with E-state index in [-0.39, 0.29) is 17.2 Å². The van der Waals surface area contributed by atoms with Crippen LogP contribution >= 0.6 is 0 Å². The molecule has 1 saturated carbocycles. The third kappa shape index (κ3) is 3.42. The van der Waals surface area contributed by atoms with Gasteiger partial charge in [-0.2, -0.15) is 0 Å². The zero-order valence-electron chi connectivity index (χ0n) is 11.0.